The Bertz CT molecular complexity index is 573. The molecule has 0 aliphatic carbocycles. The van der Waals surface area contributed by atoms with Crippen LogP contribution in [0.25, 0.3) is 0 Å². The molecule has 3 nitrogen and oxygen atoms in total. The third kappa shape index (κ3) is 26.6. The van der Waals surface area contributed by atoms with Crippen molar-refractivity contribution in [2.24, 2.45) is 0 Å². The van der Waals surface area contributed by atoms with Gasteiger partial charge in [-0.15, -0.1) is 0 Å². The summed E-state index contributed by atoms with van der Waals surface area (Å²) in [5.41, 5.74) is 0. The molecular weight excluding hydrogens is 632 g/mol. The van der Waals surface area contributed by atoms with Gasteiger partial charge < -0.3 is 0 Å². The fourth-order valence-corrected chi connectivity index (χ4v) is 14.1. The van der Waals surface area contributed by atoms with Crippen molar-refractivity contribution in [1.29, 1.82) is 0 Å². The molecular formula is C38H76O3PS3+. The van der Waals surface area contributed by atoms with E-state index in [4.69, 9.17) is 13.6 Å². The highest BCUT2D eigenvalue weighted by Crippen LogP contribution is 2.77. The third-order valence-electron chi connectivity index (χ3n) is 8.85. The summed E-state index contributed by atoms with van der Waals surface area (Å²) in [6.45, 7) is 9.16. The van der Waals surface area contributed by atoms with E-state index in [1.54, 1.807) is 10.8 Å². The Balaban J connectivity index is 2.45. The van der Waals surface area contributed by atoms with Crippen LogP contribution in [0.4, 0.5) is 0 Å². The maximum absolute atomic E-state index is 6.72. The summed E-state index contributed by atoms with van der Waals surface area (Å²) in [5.74, 6) is 0. The van der Waals surface area contributed by atoms with Gasteiger partial charge in [-0.3, -0.25) is 0 Å². The van der Waals surface area contributed by atoms with Crippen molar-refractivity contribution >= 4 is 39.4 Å². The van der Waals surface area contributed by atoms with E-state index in [-0.39, 0.29) is 0 Å². The van der Waals surface area contributed by atoms with E-state index in [2.05, 4.69) is 26.2 Å². The molecule has 268 valence electrons. The lowest BCUT2D eigenvalue weighted by molar-refractivity contribution is 0.138. The van der Waals surface area contributed by atoms with Gasteiger partial charge in [-0.2, -0.15) is 13.6 Å². The Labute approximate surface area is 294 Å². The van der Waals surface area contributed by atoms with Gasteiger partial charge in [0.15, 0.2) is 0 Å². The smallest absolute Gasteiger partial charge is 0.173 e. The molecule has 0 saturated heterocycles. The van der Waals surface area contributed by atoms with E-state index in [9.17, 15) is 0 Å². The van der Waals surface area contributed by atoms with Crippen molar-refractivity contribution in [2.45, 2.75) is 213 Å². The lowest BCUT2D eigenvalue weighted by Gasteiger charge is -2.22. The van der Waals surface area contributed by atoms with Crippen molar-refractivity contribution in [1.82, 2.24) is 0 Å². The standard InChI is InChI=1S/C38H76O3PS3/c1-4-7-10-13-16-19-22-25-28-31-34-39-42(38-37-43-45-44-38,40-35-32-29-26-23-20-17-14-11-8-5-2)41-36-33-30-27-24-21-18-15-12-9-6-3/h37H,4-36H2,1-3H3/q+1. The maximum Gasteiger partial charge on any atom is 0.457 e. The van der Waals surface area contributed by atoms with Gasteiger partial charge in [-0.05, 0) is 39.9 Å². The van der Waals surface area contributed by atoms with Gasteiger partial charge in [0.1, 0.15) is 0 Å². The molecule has 0 aromatic heterocycles. The second kappa shape index (κ2) is 34.9. The van der Waals surface area contributed by atoms with E-state index in [0.29, 0.717) is 0 Å². The number of hydrogen-bond acceptors (Lipinski definition) is 6. The van der Waals surface area contributed by atoms with Crippen LogP contribution in [0.1, 0.15) is 213 Å². The van der Waals surface area contributed by atoms with Gasteiger partial charge in [0.25, 0.3) is 0 Å². The Hall–Kier alpha value is 1.10. The summed E-state index contributed by atoms with van der Waals surface area (Å²) >= 11 is 0. The highest BCUT2D eigenvalue weighted by molar-refractivity contribution is 9.12. The van der Waals surface area contributed by atoms with Crippen LogP contribution in [0.2, 0.25) is 0 Å². The molecule has 0 aromatic carbocycles. The van der Waals surface area contributed by atoms with Gasteiger partial charge >= 0.3 is 7.94 Å². The van der Waals surface area contributed by atoms with Crippen molar-refractivity contribution in [2.75, 3.05) is 19.8 Å². The monoisotopic (exact) mass is 707 g/mol. The molecule has 0 saturated carbocycles. The number of rotatable bonds is 37. The zero-order valence-electron chi connectivity index (χ0n) is 30.3. The molecule has 45 heavy (non-hydrogen) atoms. The molecule has 7 heteroatoms. The summed E-state index contributed by atoms with van der Waals surface area (Å²) in [4.78, 5) is 0. The first-order chi connectivity index (χ1) is 22.3. The third-order valence-corrected chi connectivity index (χ3v) is 16.1. The zero-order valence-corrected chi connectivity index (χ0v) is 33.7. The second-order valence-electron chi connectivity index (χ2n) is 13.2. The largest absolute Gasteiger partial charge is 0.457 e. The Morgan fingerprint density at radius 2 is 0.667 bits per heavy atom. The molecule has 1 aliphatic rings. The van der Waals surface area contributed by atoms with Crippen molar-refractivity contribution in [3.63, 3.8) is 0 Å². The van der Waals surface area contributed by atoms with Crippen LogP contribution < -0.4 is 0 Å². The van der Waals surface area contributed by atoms with Gasteiger partial charge in [-0.25, -0.2) is 0 Å². The Kier molecular flexibility index (Phi) is 34.3. The maximum atomic E-state index is 6.72. The van der Waals surface area contributed by atoms with Crippen LogP contribution in [0, 0.1) is 0 Å². The van der Waals surface area contributed by atoms with Crippen LogP contribution in [-0.4, -0.2) is 19.8 Å². The van der Waals surface area contributed by atoms with E-state index < -0.39 is 7.94 Å². The average Bonchev–Trinajstić information content (AvgIpc) is 3.60. The van der Waals surface area contributed by atoms with Gasteiger partial charge in [-0.1, -0.05) is 194 Å². The molecule has 1 aliphatic heterocycles. The normalized spacial score (nSPS) is 13.6. The topological polar surface area (TPSA) is 27.7 Å². The average molecular weight is 708 g/mol. The lowest BCUT2D eigenvalue weighted by Crippen LogP contribution is -2.11. The summed E-state index contributed by atoms with van der Waals surface area (Å²) in [6.07, 6.45) is 40.3. The molecule has 0 amide bonds. The lowest BCUT2D eigenvalue weighted by atomic mass is 10.1. The number of unbranched alkanes of at least 4 members (excludes halogenated alkanes) is 27. The van der Waals surface area contributed by atoms with Gasteiger partial charge in [0.05, 0.1) is 19.8 Å². The fraction of sp³-hybridized carbons (Fsp3) is 0.947. The minimum absolute atomic E-state index is 0.758. The van der Waals surface area contributed by atoms with E-state index in [0.717, 1.165) is 39.1 Å². The first-order valence-corrected chi connectivity index (χ1v) is 24.9. The quantitative estimate of drug-likeness (QED) is 0.0362. The molecule has 0 unspecified atom stereocenters. The Morgan fingerprint density at radius 1 is 0.400 bits per heavy atom. The highest BCUT2D eigenvalue weighted by atomic mass is 33.5. The first kappa shape index (κ1) is 44.1. The van der Waals surface area contributed by atoms with Crippen LogP contribution in [0.15, 0.2) is 10.1 Å². The summed E-state index contributed by atoms with van der Waals surface area (Å²) in [7, 11) is 2.93. The fourth-order valence-electron chi connectivity index (χ4n) is 5.87. The molecule has 0 atom stereocenters. The van der Waals surface area contributed by atoms with Gasteiger partial charge in [0, 0.05) is 16.2 Å². The molecule has 0 bridgehead atoms. The van der Waals surface area contributed by atoms with E-state index in [1.807, 2.05) is 20.6 Å². The summed E-state index contributed by atoms with van der Waals surface area (Å²) in [6, 6.07) is 0. The van der Waals surface area contributed by atoms with E-state index >= 15 is 0 Å². The first-order valence-electron chi connectivity index (χ1n) is 19.8. The molecule has 1 heterocycles. The van der Waals surface area contributed by atoms with Crippen LogP contribution >= 0.6 is 39.4 Å². The van der Waals surface area contributed by atoms with Crippen LogP contribution in [0.5, 0.6) is 0 Å². The SMILES string of the molecule is CCCCCCCCCCCCO[P+](OCCCCCCCCCCCC)(OCCCCCCCCCCCC)C1=CSSS1. The molecule has 0 aromatic rings. The number of hydrogen-bond donors (Lipinski definition) is 0. The second-order valence-corrected chi connectivity index (χ2v) is 19.7. The summed E-state index contributed by atoms with van der Waals surface area (Å²) < 4.78 is 21.4. The highest BCUT2D eigenvalue weighted by Gasteiger charge is 2.52. The molecule has 1 rings (SSSR count). The molecule has 0 spiro atoms. The minimum Gasteiger partial charge on any atom is -0.173 e. The molecule has 0 N–H and O–H groups in total. The molecule has 0 fully saturated rings. The molecule has 0 radical (unpaired) electrons. The van der Waals surface area contributed by atoms with Gasteiger partial charge in [0.2, 0.25) is 4.65 Å². The van der Waals surface area contributed by atoms with Crippen molar-refractivity contribution < 1.29 is 13.6 Å². The van der Waals surface area contributed by atoms with E-state index in [1.165, 1.54) is 178 Å². The zero-order chi connectivity index (χ0) is 32.4. The summed E-state index contributed by atoms with van der Waals surface area (Å²) in [5, 5.41) is 2.25. The van der Waals surface area contributed by atoms with Crippen molar-refractivity contribution in [3.05, 3.63) is 10.1 Å². The minimum atomic E-state index is -2.49. The predicted octanol–water partition coefficient (Wildman–Crippen LogP) is 16.4. The van der Waals surface area contributed by atoms with Crippen LogP contribution in [-0.2, 0) is 13.6 Å². The van der Waals surface area contributed by atoms with Crippen molar-refractivity contribution in [3.8, 4) is 0 Å². The Morgan fingerprint density at radius 3 is 0.911 bits per heavy atom. The van der Waals surface area contributed by atoms with Crippen LogP contribution in [0.3, 0.4) is 0 Å². The predicted molar refractivity (Wildman–Crippen MR) is 211 cm³/mol.